The smallest absolute Gasteiger partial charge is 0.224 e. The Morgan fingerprint density at radius 3 is 2.38 bits per heavy atom. The number of nitrogens with one attached hydrogen (secondary N) is 1. The summed E-state index contributed by atoms with van der Waals surface area (Å²) in [6.45, 7) is 0.674. The minimum absolute atomic E-state index is 0.0271. The number of hydrogen-bond acceptors (Lipinski definition) is 3. The van der Waals surface area contributed by atoms with Gasteiger partial charge in [-0.15, -0.1) is 0 Å². The van der Waals surface area contributed by atoms with Crippen molar-refractivity contribution in [1.82, 2.24) is 5.32 Å². The van der Waals surface area contributed by atoms with Gasteiger partial charge >= 0.3 is 0 Å². The van der Waals surface area contributed by atoms with Crippen LogP contribution < -0.4 is 14.8 Å². The van der Waals surface area contributed by atoms with E-state index in [-0.39, 0.29) is 11.3 Å². The van der Waals surface area contributed by atoms with Gasteiger partial charge in [0.1, 0.15) is 11.5 Å². The molecule has 126 valence electrons. The minimum atomic E-state index is 0.0271. The number of rotatable bonds is 7. The van der Waals surface area contributed by atoms with Gasteiger partial charge in [-0.05, 0) is 36.6 Å². The molecule has 0 aromatic heterocycles. The molecule has 0 radical (unpaired) electrons. The Morgan fingerprint density at radius 2 is 1.75 bits per heavy atom. The third kappa shape index (κ3) is 3.53. The standard InChI is InChI=1S/C20H23NO3/c1-23-17-9-7-16(8-10-17)20(11-12-20)14-21-19(22)13-15-5-3-4-6-18(15)24-2/h3-10H,11-14H2,1-2H3,(H,21,22). The highest BCUT2D eigenvalue weighted by Crippen LogP contribution is 2.47. The van der Waals surface area contributed by atoms with Gasteiger partial charge in [0.25, 0.3) is 0 Å². The van der Waals surface area contributed by atoms with Crippen LogP contribution in [0.5, 0.6) is 11.5 Å². The topological polar surface area (TPSA) is 47.6 Å². The first-order chi connectivity index (χ1) is 11.7. The first kappa shape index (κ1) is 16.4. The van der Waals surface area contributed by atoms with Crippen LogP contribution in [0.3, 0.4) is 0 Å². The molecule has 0 bridgehead atoms. The molecule has 1 aliphatic carbocycles. The quantitative estimate of drug-likeness (QED) is 0.851. The van der Waals surface area contributed by atoms with Crippen LogP contribution in [0.1, 0.15) is 24.0 Å². The molecule has 1 fully saturated rings. The third-order valence-corrected chi connectivity index (χ3v) is 4.72. The maximum atomic E-state index is 12.3. The molecule has 1 N–H and O–H groups in total. The van der Waals surface area contributed by atoms with Gasteiger partial charge < -0.3 is 14.8 Å². The van der Waals surface area contributed by atoms with Crippen LogP contribution in [-0.2, 0) is 16.6 Å². The molecule has 0 aliphatic heterocycles. The molecule has 2 aromatic carbocycles. The van der Waals surface area contributed by atoms with Crippen molar-refractivity contribution in [3.8, 4) is 11.5 Å². The zero-order chi connectivity index (χ0) is 17.0. The summed E-state index contributed by atoms with van der Waals surface area (Å²) in [5.74, 6) is 1.64. The van der Waals surface area contributed by atoms with E-state index in [0.717, 1.165) is 29.9 Å². The maximum absolute atomic E-state index is 12.3. The van der Waals surface area contributed by atoms with E-state index in [0.29, 0.717) is 13.0 Å². The molecule has 4 heteroatoms. The van der Waals surface area contributed by atoms with E-state index in [4.69, 9.17) is 9.47 Å². The van der Waals surface area contributed by atoms with Crippen LogP contribution in [-0.4, -0.2) is 26.7 Å². The number of hydrogen-bond donors (Lipinski definition) is 1. The highest BCUT2D eigenvalue weighted by Gasteiger charge is 2.44. The first-order valence-corrected chi connectivity index (χ1v) is 8.20. The predicted octanol–water partition coefficient (Wildman–Crippen LogP) is 3.09. The Kier molecular flexibility index (Phi) is 4.74. The van der Waals surface area contributed by atoms with Gasteiger partial charge in [-0.25, -0.2) is 0 Å². The van der Waals surface area contributed by atoms with E-state index >= 15 is 0 Å². The fourth-order valence-corrected chi connectivity index (χ4v) is 3.02. The lowest BCUT2D eigenvalue weighted by molar-refractivity contribution is -0.120. The summed E-state index contributed by atoms with van der Waals surface area (Å²) in [7, 11) is 3.29. The van der Waals surface area contributed by atoms with Crippen molar-refractivity contribution in [3.63, 3.8) is 0 Å². The van der Waals surface area contributed by atoms with E-state index in [1.807, 2.05) is 36.4 Å². The first-order valence-electron chi connectivity index (χ1n) is 8.20. The summed E-state index contributed by atoms with van der Waals surface area (Å²) in [5, 5.41) is 3.09. The molecular weight excluding hydrogens is 302 g/mol. The van der Waals surface area contributed by atoms with Crippen molar-refractivity contribution in [2.45, 2.75) is 24.7 Å². The number of methoxy groups -OCH3 is 2. The zero-order valence-corrected chi connectivity index (χ0v) is 14.2. The molecule has 0 heterocycles. The van der Waals surface area contributed by atoms with E-state index in [2.05, 4.69) is 17.4 Å². The predicted molar refractivity (Wildman–Crippen MR) is 93.6 cm³/mol. The van der Waals surface area contributed by atoms with Crippen molar-refractivity contribution in [1.29, 1.82) is 0 Å². The number of para-hydroxylation sites is 1. The summed E-state index contributed by atoms with van der Waals surface area (Å²) >= 11 is 0. The Balaban J connectivity index is 1.59. The van der Waals surface area contributed by atoms with Gasteiger partial charge in [-0.1, -0.05) is 30.3 Å². The van der Waals surface area contributed by atoms with Crippen molar-refractivity contribution in [2.75, 3.05) is 20.8 Å². The number of amides is 1. The summed E-state index contributed by atoms with van der Waals surface area (Å²) in [6, 6.07) is 15.8. The second-order valence-corrected chi connectivity index (χ2v) is 6.27. The summed E-state index contributed by atoms with van der Waals surface area (Å²) < 4.78 is 10.5. The molecule has 4 nitrogen and oxygen atoms in total. The Hall–Kier alpha value is -2.49. The number of ether oxygens (including phenoxy) is 2. The van der Waals surface area contributed by atoms with Crippen LogP contribution >= 0.6 is 0 Å². The lowest BCUT2D eigenvalue weighted by Gasteiger charge is -2.17. The van der Waals surface area contributed by atoms with Gasteiger partial charge in [0.15, 0.2) is 0 Å². The summed E-state index contributed by atoms with van der Waals surface area (Å²) in [6.07, 6.45) is 2.55. The highest BCUT2D eigenvalue weighted by atomic mass is 16.5. The van der Waals surface area contributed by atoms with E-state index in [1.165, 1.54) is 5.56 Å². The molecule has 1 amide bonds. The lowest BCUT2D eigenvalue weighted by atomic mass is 9.95. The van der Waals surface area contributed by atoms with Crippen LogP contribution in [0.15, 0.2) is 48.5 Å². The molecule has 24 heavy (non-hydrogen) atoms. The largest absolute Gasteiger partial charge is 0.497 e. The molecule has 0 unspecified atom stereocenters. The monoisotopic (exact) mass is 325 g/mol. The number of benzene rings is 2. The molecule has 2 aromatic rings. The normalized spacial score (nSPS) is 14.8. The van der Waals surface area contributed by atoms with Crippen molar-refractivity contribution >= 4 is 5.91 Å². The lowest BCUT2D eigenvalue weighted by Crippen LogP contribution is -2.33. The van der Waals surface area contributed by atoms with E-state index in [9.17, 15) is 4.79 Å². The molecular formula is C20H23NO3. The van der Waals surface area contributed by atoms with Gasteiger partial charge in [-0.2, -0.15) is 0 Å². The molecule has 0 saturated heterocycles. The average Bonchev–Trinajstić information content (AvgIpc) is 3.42. The molecule has 1 saturated carbocycles. The second kappa shape index (κ2) is 6.95. The molecule has 3 rings (SSSR count). The summed E-state index contributed by atoms with van der Waals surface area (Å²) in [5.41, 5.74) is 2.26. The Bertz CT molecular complexity index is 705. The SMILES string of the molecule is COc1ccc(C2(CNC(=O)Cc3ccccc3OC)CC2)cc1. The molecule has 0 atom stereocenters. The second-order valence-electron chi connectivity index (χ2n) is 6.27. The fraction of sp³-hybridized carbons (Fsp3) is 0.350. The fourth-order valence-electron chi connectivity index (χ4n) is 3.02. The van der Waals surface area contributed by atoms with Crippen LogP contribution in [0.25, 0.3) is 0 Å². The number of carbonyl (C=O) groups is 1. The van der Waals surface area contributed by atoms with E-state index in [1.54, 1.807) is 14.2 Å². The van der Waals surface area contributed by atoms with Crippen molar-refractivity contribution in [3.05, 3.63) is 59.7 Å². The number of carbonyl (C=O) groups excluding carboxylic acids is 1. The van der Waals surface area contributed by atoms with Crippen molar-refractivity contribution in [2.24, 2.45) is 0 Å². The molecule has 0 spiro atoms. The minimum Gasteiger partial charge on any atom is -0.497 e. The van der Waals surface area contributed by atoms with Gasteiger partial charge in [0.2, 0.25) is 5.91 Å². The average molecular weight is 325 g/mol. The zero-order valence-electron chi connectivity index (χ0n) is 14.2. The Labute approximate surface area is 142 Å². The maximum Gasteiger partial charge on any atom is 0.224 e. The van der Waals surface area contributed by atoms with Gasteiger partial charge in [-0.3, -0.25) is 4.79 Å². The van der Waals surface area contributed by atoms with Gasteiger partial charge in [0.05, 0.1) is 20.6 Å². The van der Waals surface area contributed by atoms with Crippen molar-refractivity contribution < 1.29 is 14.3 Å². The van der Waals surface area contributed by atoms with Crippen LogP contribution in [0.4, 0.5) is 0 Å². The van der Waals surface area contributed by atoms with Gasteiger partial charge in [0, 0.05) is 17.5 Å². The van der Waals surface area contributed by atoms with E-state index < -0.39 is 0 Å². The van der Waals surface area contributed by atoms with Crippen LogP contribution in [0.2, 0.25) is 0 Å². The third-order valence-electron chi connectivity index (χ3n) is 4.72. The Morgan fingerprint density at radius 1 is 1.04 bits per heavy atom. The molecule has 1 aliphatic rings. The highest BCUT2D eigenvalue weighted by molar-refractivity contribution is 5.79. The summed E-state index contributed by atoms with van der Waals surface area (Å²) in [4.78, 5) is 12.3. The van der Waals surface area contributed by atoms with Crippen LogP contribution in [0, 0.1) is 0 Å².